The van der Waals surface area contributed by atoms with Crippen LogP contribution >= 0.6 is 23.2 Å². The number of hydrogen-bond donors (Lipinski definition) is 0. The Morgan fingerprint density at radius 2 is 2.28 bits per heavy atom. The van der Waals surface area contributed by atoms with Crippen molar-refractivity contribution in [2.24, 2.45) is 5.92 Å². The van der Waals surface area contributed by atoms with Crippen molar-refractivity contribution in [1.82, 2.24) is 4.90 Å². The SMILES string of the molecule is O=C(c1ccc(Cl)cc1F)N1CCCC(CCl)C1. The molecule has 0 spiro atoms. The molecule has 1 heterocycles. The number of hydrogen-bond acceptors (Lipinski definition) is 1. The zero-order valence-electron chi connectivity index (χ0n) is 9.83. The van der Waals surface area contributed by atoms with Crippen molar-refractivity contribution in [3.8, 4) is 0 Å². The summed E-state index contributed by atoms with van der Waals surface area (Å²) in [5.41, 5.74) is 0.0784. The lowest BCUT2D eigenvalue weighted by Crippen LogP contribution is -2.40. The molecule has 1 fully saturated rings. The van der Waals surface area contributed by atoms with E-state index in [0.29, 0.717) is 29.9 Å². The van der Waals surface area contributed by atoms with Crippen molar-refractivity contribution in [3.63, 3.8) is 0 Å². The van der Waals surface area contributed by atoms with Gasteiger partial charge in [0.1, 0.15) is 5.82 Å². The Labute approximate surface area is 116 Å². The molecule has 98 valence electrons. The van der Waals surface area contributed by atoms with Crippen LogP contribution in [0.25, 0.3) is 0 Å². The second-order valence-corrected chi connectivity index (χ2v) is 5.28. The van der Waals surface area contributed by atoms with E-state index < -0.39 is 5.82 Å². The summed E-state index contributed by atoms with van der Waals surface area (Å²) in [6, 6.07) is 4.13. The van der Waals surface area contributed by atoms with Gasteiger partial charge >= 0.3 is 0 Å². The summed E-state index contributed by atoms with van der Waals surface area (Å²) in [7, 11) is 0. The van der Waals surface area contributed by atoms with Gasteiger partial charge in [-0.2, -0.15) is 0 Å². The number of carbonyl (C=O) groups excluding carboxylic acids is 1. The molecular formula is C13H14Cl2FNO. The van der Waals surface area contributed by atoms with Crippen LogP contribution in [0.3, 0.4) is 0 Å². The second kappa shape index (κ2) is 5.89. The number of piperidine rings is 1. The highest BCUT2D eigenvalue weighted by molar-refractivity contribution is 6.30. The van der Waals surface area contributed by atoms with Crippen LogP contribution in [-0.4, -0.2) is 29.8 Å². The molecule has 1 aromatic rings. The molecule has 1 aliphatic heterocycles. The highest BCUT2D eigenvalue weighted by Crippen LogP contribution is 2.21. The van der Waals surface area contributed by atoms with Crippen molar-refractivity contribution in [2.75, 3.05) is 19.0 Å². The fourth-order valence-electron chi connectivity index (χ4n) is 2.21. The number of halogens is 3. The summed E-state index contributed by atoms with van der Waals surface area (Å²) in [5.74, 6) is -0.00780. The molecule has 18 heavy (non-hydrogen) atoms. The lowest BCUT2D eigenvalue weighted by Gasteiger charge is -2.32. The summed E-state index contributed by atoms with van der Waals surface area (Å²) in [6.07, 6.45) is 1.94. The normalized spacial score (nSPS) is 19.9. The Morgan fingerprint density at radius 3 is 2.94 bits per heavy atom. The van der Waals surface area contributed by atoms with E-state index in [2.05, 4.69) is 0 Å². The van der Waals surface area contributed by atoms with Gasteiger partial charge in [0.05, 0.1) is 5.56 Å². The zero-order valence-corrected chi connectivity index (χ0v) is 11.3. The van der Waals surface area contributed by atoms with Gasteiger partial charge in [-0.3, -0.25) is 4.79 Å². The fraction of sp³-hybridized carbons (Fsp3) is 0.462. The molecule has 0 aromatic heterocycles. The number of likely N-dealkylation sites (tertiary alicyclic amines) is 1. The number of alkyl halides is 1. The number of amides is 1. The van der Waals surface area contributed by atoms with Crippen LogP contribution in [0.15, 0.2) is 18.2 Å². The molecule has 2 nitrogen and oxygen atoms in total. The molecule has 0 saturated carbocycles. The van der Waals surface area contributed by atoms with Gasteiger partial charge in [-0.05, 0) is 37.0 Å². The maximum Gasteiger partial charge on any atom is 0.256 e. The average molecular weight is 290 g/mol. The van der Waals surface area contributed by atoms with Crippen LogP contribution in [0.4, 0.5) is 4.39 Å². The minimum atomic E-state index is -0.569. The van der Waals surface area contributed by atoms with E-state index in [0.717, 1.165) is 18.9 Å². The van der Waals surface area contributed by atoms with Crippen LogP contribution < -0.4 is 0 Å². The van der Waals surface area contributed by atoms with Crippen LogP contribution in [0.5, 0.6) is 0 Å². The molecule has 1 aliphatic rings. The van der Waals surface area contributed by atoms with E-state index in [9.17, 15) is 9.18 Å². The molecule has 0 bridgehead atoms. The quantitative estimate of drug-likeness (QED) is 0.762. The van der Waals surface area contributed by atoms with E-state index >= 15 is 0 Å². The van der Waals surface area contributed by atoms with Gasteiger partial charge in [0, 0.05) is 24.0 Å². The molecule has 1 aromatic carbocycles. The first-order valence-electron chi connectivity index (χ1n) is 5.92. The van der Waals surface area contributed by atoms with Crippen molar-refractivity contribution in [3.05, 3.63) is 34.6 Å². The first kappa shape index (κ1) is 13.6. The molecule has 1 unspecified atom stereocenters. The van der Waals surface area contributed by atoms with E-state index in [4.69, 9.17) is 23.2 Å². The molecule has 0 radical (unpaired) electrons. The smallest absolute Gasteiger partial charge is 0.256 e. The summed E-state index contributed by atoms with van der Waals surface area (Å²) < 4.78 is 13.7. The standard InChI is InChI=1S/C13H14Cl2FNO/c14-7-9-2-1-5-17(8-9)13(18)11-4-3-10(15)6-12(11)16/h3-4,6,9H,1-2,5,7-8H2. The summed E-state index contributed by atoms with van der Waals surface area (Å²) >= 11 is 11.5. The Balaban J connectivity index is 2.15. The van der Waals surface area contributed by atoms with Gasteiger partial charge in [-0.1, -0.05) is 11.6 Å². The van der Waals surface area contributed by atoms with Crippen LogP contribution in [0.1, 0.15) is 23.2 Å². The van der Waals surface area contributed by atoms with Crippen molar-refractivity contribution < 1.29 is 9.18 Å². The first-order chi connectivity index (χ1) is 8.61. The molecule has 1 amide bonds. The van der Waals surface area contributed by atoms with Gasteiger partial charge in [0.15, 0.2) is 0 Å². The third-order valence-electron chi connectivity index (χ3n) is 3.19. The molecular weight excluding hydrogens is 276 g/mol. The zero-order chi connectivity index (χ0) is 13.1. The molecule has 2 rings (SSSR count). The molecule has 5 heteroatoms. The summed E-state index contributed by atoms with van der Waals surface area (Å²) in [5, 5.41) is 0.293. The molecule has 1 atom stereocenters. The van der Waals surface area contributed by atoms with Crippen LogP contribution in [0.2, 0.25) is 5.02 Å². The number of rotatable bonds is 2. The third kappa shape index (κ3) is 2.96. The lowest BCUT2D eigenvalue weighted by molar-refractivity contribution is 0.0680. The number of carbonyl (C=O) groups is 1. The topological polar surface area (TPSA) is 20.3 Å². The second-order valence-electron chi connectivity index (χ2n) is 4.54. The average Bonchev–Trinajstić information content (AvgIpc) is 2.38. The van der Waals surface area contributed by atoms with E-state index in [-0.39, 0.29) is 11.5 Å². The predicted octanol–water partition coefficient (Wildman–Crippen LogP) is 3.57. The minimum Gasteiger partial charge on any atom is -0.338 e. The first-order valence-corrected chi connectivity index (χ1v) is 6.83. The number of benzene rings is 1. The third-order valence-corrected chi connectivity index (χ3v) is 3.86. The van der Waals surface area contributed by atoms with Gasteiger partial charge in [0.25, 0.3) is 5.91 Å². The molecule has 1 saturated heterocycles. The molecule has 0 aliphatic carbocycles. The number of nitrogens with zero attached hydrogens (tertiary/aromatic N) is 1. The Kier molecular flexibility index (Phi) is 4.46. The van der Waals surface area contributed by atoms with Crippen LogP contribution in [0, 0.1) is 11.7 Å². The Bertz CT molecular complexity index is 453. The monoisotopic (exact) mass is 289 g/mol. The minimum absolute atomic E-state index is 0.0784. The predicted molar refractivity (Wildman–Crippen MR) is 70.8 cm³/mol. The van der Waals surface area contributed by atoms with Crippen molar-refractivity contribution >= 4 is 29.1 Å². The highest BCUT2D eigenvalue weighted by atomic mass is 35.5. The summed E-state index contributed by atoms with van der Waals surface area (Å²) in [4.78, 5) is 13.9. The maximum absolute atomic E-state index is 13.7. The van der Waals surface area contributed by atoms with Crippen molar-refractivity contribution in [1.29, 1.82) is 0 Å². The molecule has 0 N–H and O–H groups in total. The van der Waals surface area contributed by atoms with Gasteiger partial charge < -0.3 is 4.90 Å². The van der Waals surface area contributed by atoms with Crippen LogP contribution in [-0.2, 0) is 0 Å². The highest BCUT2D eigenvalue weighted by Gasteiger charge is 2.25. The largest absolute Gasteiger partial charge is 0.338 e. The van der Waals surface area contributed by atoms with Crippen molar-refractivity contribution in [2.45, 2.75) is 12.8 Å². The Hall–Kier alpha value is -0.800. The van der Waals surface area contributed by atoms with E-state index in [1.165, 1.54) is 12.1 Å². The van der Waals surface area contributed by atoms with Gasteiger partial charge in [-0.15, -0.1) is 11.6 Å². The fourth-order valence-corrected chi connectivity index (χ4v) is 2.62. The Morgan fingerprint density at radius 1 is 1.50 bits per heavy atom. The lowest BCUT2D eigenvalue weighted by atomic mass is 9.99. The van der Waals surface area contributed by atoms with Gasteiger partial charge in [-0.25, -0.2) is 4.39 Å². The van der Waals surface area contributed by atoms with Gasteiger partial charge in [0.2, 0.25) is 0 Å². The summed E-state index contributed by atoms with van der Waals surface area (Å²) in [6.45, 7) is 1.26. The van der Waals surface area contributed by atoms with E-state index in [1.54, 1.807) is 4.90 Å². The van der Waals surface area contributed by atoms with E-state index in [1.807, 2.05) is 0 Å². The maximum atomic E-state index is 13.7.